The molecule has 0 aliphatic rings. The number of carboxylic acid groups (broad SMARTS) is 1. The van der Waals surface area contributed by atoms with Gasteiger partial charge in [0.25, 0.3) is 0 Å². The van der Waals surface area contributed by atoms with Crippen molar-refractivity contribution in [2.75, 3.05) is 11.1 Å². The first kappa shape index (κ1) is 13.6. The van der Waals surface area contributed by atoms with Gasteiger partial charge in [-0.1, -0.05) is 18.2 Å². The molecule has 2 aromatic rings. The van der Waals surface area contributed by atoms with E-state index in [2.05, 4.69) is 5.32 Å². The van der Waals surface area contributed by atoms with Crippen LogP contribution in [0.15, 0.2) is 46.7 Å². The molecule has 98 valence electrons. The fourth-order valence-corrected chi connectivity index (χ4v) is 2.83. The van der Waals surface area contributed by atoms with Crippen LogP contribution in [0, 0.1) is 0 Å². The molecule has 0 saturated carbocycles. The Morgan fingerprint density at radius 1 is 1.21 bits per heavy atom. The zero-order valence-electron chi connectivity index (χ0n) is 9.83. The predicted octanol–water partition coefficient (Wildman–Crippen LogP) is 3.18. The van der Waals surface area contributed by atoms with Gasteiger partial charge in [0.05, 0.1) is 11.4 Å². The molecule has 1 amide bonds. The molecule has 1 heterocycles. The summed E-state index contributed by atoms with van der Waals surface area (Å²) in [6.07, 6.45) is 0. The zero-order valence-corrected chi connectivity index (χ0v) is 11.5. The molecule has 1 aromatic heterocycles. The second kappa shape index (κ2) is 6.40. The number of hydrogen-bond acceptors (Lipinski definition) is 4. The van der Waals surface area contributed by atoms with Crippen molar-refractivity contribution in [1.29, 1.82) is 0 Å². The molecule has 0 aliphatic heterocycles. The normalized spacial score (nSPS) is 10.1. The smallest absolute Gasteiger partial charge is 0.348 e. The molecule has 4 nitrogen and oxygen atoms in total. The number of carboxylic acids is 1. The van der Waals surface area contributed by atoms with Gasteiger partial charge in [-0.25, -0.2) is 4.79 Å². The molecule has 6 heteroatoms. The Bertz CT molecular complexity index is 581. The number of benzene rings is 1. The molecular formula is C13H11NO3S2. The van der Waals surface area contributed by atoms with Crippen LogP contribution in [0.1, 0.15) is 9.67 Å². The number of carbonyl (C=O) groups excluding carboxylic acids is 1. The van der Waals surface area contributed by atoms with Gasteiger partial charge in [-0.05, 0) is 23.6 Å². The van der Waals surface area contributed by atoms with Crippen molar-refractivity contribution < 1.29 is 14.7 Å². The van der Waals surface area contributed by atoms with Crippen LogP contribution < -0.4 is 5.32 Å². The summed E-state index contributed by atoms with van der Waals surface area (Å²) in [5, 5.41) is 13.2. The van der Waals surface area contributed by atoms with Gasteiger partial charge >= 0.3 is 5.97 Å². The first-order valence-corrected chi connectivity index (χ1v) is 7.32. The second-order valence-corrected chi connectivity index (χ2v) is 5.58. The van der Waals surface area contributed by atoms with Crippen molar-refractivity contribution in [3.8, 4) is 0 Å². The Morgan fingerprint density at radius 2 is 1.95 bits per heavy atom. The highest BCUT2D eigenvalue weighted by molar-refractivity contribution is 8.00. The van der Waals surface area contributed by atoms with E-state index in [-0.39, 0.29) is 16.5 Å². The van der Waals surface area contributed by atoms with Gasteiger partial charge in [0.2, 0.25) is 5.91 Å². The van der Waals surface area contributed by atoms with E-state index in [0.29, 0.717) is 5.69 Å². The fraction of sp³-hybridized carbons (Fsp3) is 0.0769. The quantitative estimate of drug-likeness (QED) is 0.831. The lowest BCUT2D eigenvalue weighted by atomic mass is 10.4. The van der Waals surface area contributed by atoms with E-state index in [1.54, 1.807) is 11.4 Å². The first-order valence-electron chi connectivity index (χ1n) is 5.45. The van der Waals surface area contributed by atoms with E-state index in [9.17, 15) is 9.59 Å². The summed E-state index contributed by atoms with van der Waals surface area (Å²) in [6.45, 7) is 0. The molecule has 0 fully saturated rings. The summed E-state index contributed by atoms with van der Waals surface area (Å²) in [4.78, 5) is 23.8. The minimum Gasteiger partial charge on any atom is -0.477 e. The summed E-state index contributed by atoms with van der Waals surface area (Å²) in [5.41, 5.74) is 0.358. The van der Waals surface area contributed by atoms with Crippen LogP contribution >= 0.6 is 23.1 Å². The van der Waals surface area contributed by atoms with Gasteiger partial charge in [0.1, 0.15) is 4.88 Å². The van der Waals surface area contributed by atoms with E-state index in [1.807, 2.05) is 30.3 Å². The third-order valence-electron chi connectivity index (χ3n) is 2.25. The van der Waals surface area contributed by atoms with Crippen molar-refractivity contribution in [3.05, 3.63) is 46.7 Å². The Labute approximate surface area is 118 Å². The number of hydrogen-bond donors (Lipinski definition) is 2. The predicted molar refractivity (Wildman–Crippen MR) is 77.1 cm³/mol. The summed E-state index contributed by atoms with van der Waals surface area (Å²) in [6, 6.07) is 11.2. The van der Waals surface area contributed by atoms with Crippen LogP contribution in [0.4, 0.5) is 5.69 Å². The number of thioether (sulfide) groups is 1. The maximum atomic E-state index is 11.7. The van der Waals surface area contributed by atoms with Gasteiger partial charge in [-0.15, -0.1) is 23.1 Å². The number of thiophene rings is 1. The molecule has 0 bridgehead atoms. The van der Waals surface area contributed by atoms with Crippen molar-refractivity contribution in [1.82, 2.24) is 0 Å². The lowest BCUT2D eigenvalue weighted by Crippen LogP contribution is -2.15. The molecule has 0 atom stereocenters. The number of carbonyl (C=O) groups is 2. The lowest BCUT2D eigenvalue weighted by Gasteiger charge is -2.04. The monoisotopic (exact) mass is 293 g/mol. The third kappa shape index (κ3) is 3.84. The Hall–Kier alpha value is -1.79. The van der Waals surface area contributed by atoms with Gasteiger partial charge in [-0.3, -0.25) is 4.79 Å². The summed E-state index contributed by atoms with van der Waals surface area (Å²) < 4.78 is 0. The number of anilines is 1. The van der Waals surface area contributed by atoms with Crippen LogP contribution in [0.5, 0.6) is 0 Å². The highest BCUT2D eigenvalue weighted by Gasteiger charge is 2.13. The van der Waals surface area contributed by atoms with Gasteiger partial charge < -0.3 is 10.4 Å². The third-order valence-corrected chi connectivity index (χ3v) is 4.16. The Morgan fingerprint density at radius 3 is 2.63 bits per heavy atom. The maximum Gasteiger partial charge on any atom is 0.348 e. The molecule has 0 aliphatic carbocycles. The highest BCUT2D eigenvalue weighted by Crippen LogP contribution is 2.23. The molecule has 0 spiro atoms. The minimum atomic E-state index is -1.03. The summed E-state index contributed by atoms with van der Waals surface area (Å²) in [7, 11) is 0. The molecule has 2 rings (SSSR count). The highest BCUT2D eigenvalue weighted by atomic mass is 32.2. The standard InChI is InChI=1S/C13H11NO3S2/c15-11(8-19-9-4-2-1-3-5-9)14-10-6-7-18-12(10)13(16)17/h1-7H,8H2,(H,14,15)(H,16,17). The molecular weight excluding hydrogens is 282 g/mol. The molecule has 2 N–H and O–H groups in total. The van der Waals surface area contributed by atoms with E-state index in [1.165, 1.54) is 11.8 Å². The molecule has 19 heavy (non-hydrogen) atoms. The van der Waals surface area contributed by atoms with Crippen LogP contribution in [0.3, 0.4) is 0 Å². The Balaban J connectivity index is 1.91. The lowest BCUT2D eigenvalue weighted by molar-refractivity contribution is -0.113. The SMILES string of the molecule is O=C(CSc1ccccc1)Nc1ccsc1C(=O)O. The summed E-state index contributed by atoms with van der Waals surface area (Å²) in [5.74, 6) is -0.991. The number of rotatable bonds is 5. The van der Waals surface area contributed by atoms with Crippen LogP contribution in [-0.4, -0.2) is 22.7 Å². The molecule has 0 saturated heterocycles. The topological polar surface area (TPSA) is 66.4 Å². The molecule has 1 aromatic carbocycles. The van der Waals surface area contributed by atoms with Gasteiger partial charge in [0, 0.05) is 4.90 Å². The van der Waals surface area contributed by atoms with E-state index < -0.39 is 5.97 Å². The van der Waals surface area contributed by atoms with Crippen molar-refractivity contribution in [2.45, 2.75) is 4.90 Å². The number of amides is 1. The van der Waals surface area contributed by atoms with Gasteiger partial charge in [-0.2, -0.15) is 0 Å². The fourth-order valence-electron chi connectivity index (χ4n) is 1.43. The first-order chi connectivity index (χ1) is 9.16. The summed E-state index contributed by atoms with van der Waals surface area (Å²) >= 11 is 2.50. The van der Waals surface area contributed by atoms with Crippen LogP contribution in [0.25, 0.3) is 0 Å². The minimum absolute atomic E-state index is 0.151. The zero-order chi connectivity index (χ0) is 13.7. The Kier molecular flexibility index (Phi) is 4.59. The molecule has 0 unspecified atom stereocenters. The molecule has 0 radical (unpaired) electrons. The number of aromatic carboxylic acids is 1. The van der Waals surface area contributed by atoms with Crippen LogP contribution in [0.2, 0.25) is 0 Å². The van der Waals surface area contributed by atoms with Crippen LogP contribution in [-0.2, 0) is 4.79 Å². The van der Waals surface area contributed by atoms with E-state index in [0.717, 1.165) is 16.2 Å². The van der Waals surface area contributed by atoms with Crippen molar-refractivity contribution in [2.24, 2.45) is 0 Å². The average Bonchev–Trinajstić information content (AvgIpc) is 2.86. The van der Waals surface area contributed by atoms with Crippen molar-refractivity contribution >= 4 is 40.7 Å². The largest absolute Gasteiger partial charge is 0.477 e. The van der Waals surface area contributed by atoms with Gasteiger partial charge in [0.15, 0.2) is 0 Å². The second-order valence-electron chi connectivity index (χ2n) is 3.62. The van der Waals surface area contributed by atoms with E-state index >= 15 is 0 Å². The van der Waals surface area contributed by atoms with E-state index in [4.69, 9.17) is 5.11 Å². The maximum absolute atomic E-state index is 11.7. The number of nitrogens with one attached hydrogen (secondary N) is 1. The average molecular weight is 293 g/mol. The van der Waals surface area contributed by atoms with Crippen molar-refractivity contribution in [3.63, 3.8) is 0 Å².